The molecule has 16 heavy (non-hydrogen) atoms. The monoisotopic (exact) mass is 246 g/mol. The van der Waals surface area contributed by atoms with Crippen LogP contribution in [0.5, 0.6) is 0 Å². The van der Waals surface area contributed by atoms with Crippen molar-refractivity contribution in [1.82, 2.24) is 0 Å². The maximum absolute atomic E-state index is 13.4. The van der Waals surface area contributed by atoms with E-state index in [-0.39, 0.29) is 19.5 Å². The Kier molecular flexibility index (Phi) is 3.77. The molecule has 0 N–H and O–H groups in total. The highest BCUT2D eigenvalue weighted by molar-refractivity contribution is 4.96. The Morgan fingerprint density at radius 3 is 2.38 bits per heavy atom. The smallest absolute Gasteiger partial charge is 0.446 e. The Balaban J connectivity index is 2.55. The summed E-state index contributed by atoms with van der Waals surface area (Å²) >= 11 is 0. The first-order valence-corrected chi connectivity index (χ1v) is 4.62. The van der Waals surface area contributed by atoms with E-state index in [1.165, 1.54) is 0 Å². The molecule has 0 aromatic carbocycles. The molecule has 1 saturated heterocycles. The van der Waals surface area contributed by atoms with Crippen LogP contribution in [0.1, 0.15) is 13.3 Å². The average molecular weight is 246 g/mol. The van der Waals surface area contributed by atoms with Gasteiger partial charge in [-0.05, 0) is 6.42 Å². The number of halogens is 5. The molecule has 1 heterocycles. The standard InChI is InChI=1S/C9H11F5O2/c1-2-8(4-15-5-8)7(11)16-3-6(10)9(12,13)14/h3,7H,2,4-5H2,1H3. The first-order chi connectivity index (χ1) is 7.32. The molecule has 2 nitrogen and oxygen atoms in total. The maximum atomic E-state index is 13.4. The van der Waals surface area contributed by atoms with Gasteiger partial charge in [0.2, 0.25) is 12.2 Å². The number of rotatable bonds is 4. The van der Waals surface area contributed by atoms with Gasteiger partial charge >= 0.3 is 6.18 Å². The fourth-order valence-electron chi connectivity index (χ4n) is 1.19. The van der Waals surface area contributed by atoms with Crippen molar-refractivity contribution in [3.05, 3.63) is 12.1 Å². The Morgan fingerprint density at radius 2 is 2.06 bits per heavy atom. The van der Waals surface area contributed by atoms with Crippen LogP contribution in [0.15, 0.2) is 12.1 Å². The fourth-order valence-corrected chi connectivity index (χ4v) is 1.19. The Hall–Kier alpha value is -0.850. The first-order valence-electron chi connectivity index (χ1n) is 4.62. The summed E-state index contributed by atoms with van der Waals surface area (Å²) in [6, 6.07) is 0. The van der Waals surface area contributed by atoms with Gasteiger partial charge in [0.25, 0.3) is 0 Å². The summed E-state index contributed by atoms with van der Waals surface area (Å²) in [7, 11) is 0. The Labute approximate surface area is 89.0 Å². The highest BCUT2D eigenvalue weighted by Gasteiger charge is 2.46. The van der Waals surface area contributed by atoms with Crippen molar-refractivity contribution in [2.24, 2.45) is 5.41 Å². The van der Waals surface area contributed by atoms with Gasteiger partial charge in [-0.2, -0.15) is 17.6 Å². The summed E-state index contributed by atoms with van der Waals surface area (Å²) in [4.78, 5) is 0. The molecule has 0 radical (unpaired) electrons. The van der Waals surface area contributed by atoms with Crippen LogP contribution in [0.2, 0.25) is 0 Å². The molecule has 7 heteroatoms. The normalized spacial score (nSPS) is 22.5. The van der Waals surface area contributed by atoms with E-state index in [0.717, 1.165) is 0 Å². The zero-order valence-electron chi connectivity index (χ0n) is 8.48. The first kappa shape index (κ1) is 13.2. The van der Waals surface area contributed by atoms with E-state index in [2.05, 4.69) is 4.74 Å². The lowest BCUT2D eigenvalue weighted by atomic mass is 9.83. The zero-order valence-corrected chi connectivity index (χ0v) is 8.48. The third-order valence-corrected chi connectivity index (χ3v) is 2.53. The van der Waals surface area contributed by atoms with Crippen LogP contribution < -0.4 is 0 Å². The molecule has 1 aliphatic rings. The molecule has 0 aromatic rings. The van der Waals surface area contributed by atoms with E-state index in [4.69, 9.17) is 4.74 Å². The Morgan fingerprint density at radius 1 is 1.50 bits per heavy atom. The fraction of sp³-hybridized carbons (Fsp3) is 0.778. The molecular weight excluding hydrogens is 235 g/mol. The third kappa shape index (κ3) is 2.63. The van der Waals surface area contributed by atoms with E-state index in [0.29, 0.717) is 6.42 Å². The van der Waals surface area contributed by atoms with Gasteiger partial charge in [0.05, 0.1) is 18.6 Å². The molecule has 1 unspecified atom stereocenters. The number of ether oxygens (including phenoxy) is 2. The summed E-state index contributed by atoms with van der Waals surface area (Å²) in [5.41, 5.74) is -0.956. The third-order valence-electron chi connectivity index (χ3n) is 2.53. The SMILES string of the molecule is CCC1(C(F)OC=C(F)C(F)(F)F)COC1. The zero-order chi connectivity index (χ0) is 12.4. The topological polar surface area (TPSA) is 18.5 Å². The van der Waals surface area contributed by atoms with Gasteiger partial charge in [0, 0.05) is 0 Å². The van der Waals surface area contributed by atoms with Crippen LogP contribution in [0.4, 0.5) is 22.0 Å². The van der Waals surface area contributed by atoms with E-state index in [1.807, 2.05) is 0 Å². The van der Waals surface area contributed by atoms with E-state index in [9.17, 15) is 22.0 Å². The van der Waals surface area contributed by atoms with Crippen molar-refractivity contribution < 1.29 is 31.4 Å². The molecule has 1 fully saturated rings. The molecule has 0 saturated carbocycles. The molecule has 0 aliphatic carbocycles. The lowest BCUT2D eigenvalue weighted by Crippen LogP contribution is -2.49. The summed E-state index contributed by atoms with van der Waals surface area (Å²) in [6.45, 7) is 1.78. The van der Waals surface area contributed by atoms with Gasteiger partial charge < -0.3 is 9.47 Å². The summed E-state index contributed by atoms with van der Waals surface area (Å²) in [5.74, 6) is -2.46. The number of hydrogen-bond acceptors (Lipinski definition) is 2. The van der Waals surface area contributed by atoms with Crippen LogP contribution in [-0.2, 0) is 9.47 Å². The Bertz CT molecular complexity index is 264. The van der Waals surface area contributed by atoms with Gasteiger partial charge in [0.15, 0.2) is 0 Å². The quantitative estimate of drug-likeness (QED) is 0.560. The second-order valence-corrected chi connectivity index (χ2v) is 3.62. The average Bonchev–Trinajstić information content (AvgIpc) is 2.11. The van der Waals surface area contributed by atoms with Crippen molar-refractivity contribution in [3.8, 4) is 0 Å². The lowest BCUT2D eigenvalue weighted by molar-refractivity contribution is -0.216. The highest BCUT2D eigenvalue weighted by Crippen LogP contribution is 2.38. The van der Waals surface area contributed by atoms with Gasteiger partial charge in [-0.15, -0.1) is 0 Å². The molecule has 0 bridgehead atoms. The molecule has 1 atom stereocenters. The molecule has 94 valence electrons. The van der Waals surface area contributed by atoms with Crippen molar-refractivity contribution >= 4 is 0 Å². The molecular formula is C9H11F5O2. The van der Waals surface area contributed by atoms with Gasteiger partial charge in [-0.1, -0.05) is 6.92 Å². The number of alkyl halides is 4. The molecule has 0 amide bonds. The predicted octanol–water partition coefficient (Wildman–Crippen LogP) is 3.10. The van der Waals surface area contributed by atoms with Gasteiger partial charge in [-0.25, -0.2) is 4.39 Å². The molecule has 0 aromatic heterocycles. The van der Waals surface area contributed by atoms with Crippen molar-refractivity contribution in [2.45, 2.75) is 25.9 Å². The summed E-state index contributed by atoms with van der Waals surface area (Å²) in [5, 5.41) is 0. The van der Waals surface area contributed by atoms with Crippen LogP contribution >= 0.6 is 0 Å². The van der Waals surface area contributed by atoms with Crippen molar-refractivity contribution in [1.29, 1.82) is 0 Å². The second kappa shape index (κ2) is 4.57. The van der Waals surface area contributed by atoms with Gasteiger partial charge in [-0.3, -0.25) is 0 Å². The number of allylic oxidation sites excluding steroid dienone is 1. The van der Waals surface area contributed by atoms with E-state index >= 15 is 0 Å². The predicted molar refractivity (Wildman–Crippen MR) is 44.8 cm³/mol. The molecule has 1 rings (SSSR count). The van der Waals surface area contributed by atoms with Crippen molar-refractivity contribution in [3.63, 3.8) is 0 Å². The van der Waals surface area contributed by atoms with Crippen LogP contribution in [0.25, 0.3) is 0 Å². The molecule has 1 aliphatic heterocycles. The molecule has 0 spiro atoms. The second-order valence-electron chi connectivity index (χ2n) is 3.62. The summed E-state index contributed by atoms with van der Waals surface area (Å²) < 4.78 is 69.7. The summed E-state index contributed by atoms with van der Waals surface area (Å²) in [6.07, 6.45) is -7.04. The maximum Gasteiger partial charge on any atom is 0.446 e. The minimum atomic E-state index is -5.14. The largest absolute Gasteiger partial charge is 0.464 e. The minimum absolute atomic E-state index is 0.0617. The minimum Gasteiger partial charge on any atom is -0.464 e. The lowest BCUT2D eigenvalue weighted by Gasteiger charge is -2.41. The van der Waals surface area contributed by atoms with E-state index < -0.39 is 23.8 Å². The van der Waals surface area contributed by atoms with Crippen molar-refractivity contribution in [2.75, 3.05) is 13.2 Å². The highest BCUT2D eigenvalue weighted by atomic mass is 19.4. The van der Waals surface area contributed by atoms with Gasteiger partial charge in [0.1, 0.15) is 6.26 Å². The van der Waals surface area contributed by atoms with Crippen LogP contribution in [0, 0.1) is 5.41 Å². The number of hydrogen-bond donors (Lipinski definition) is 0. The van der Waals surface area contributed by atoms with E-state index in [1.54, 1.807) is 6.92 Å². The van der Waals surface area contributed by atoms with Crippen LogP contribution in [-0.4, -0.2) is 25.7 Å². The van der Waals surface area contributed by atoms with Crippen LogP contribution in [0.3, 0.4) is 0 Å².